The van der Waals surface area contributed by atoms with Gasteiger partial charge in [0.15, 0.2) is 5.16 Å². The molecule has 10 heteroatoms. The molecule has 2 N–H and O–H groups in total. The highest BCUT2D eigenvalue weighted by molar-refractivity contribution is 7.98. The Morgan fingerprint density at radius 1 is 1.19 bits per heavy atom. The Balaban J connectivity index is 1.65. The summed E-state index contributed by atoms with van der Waals surface area (Å²) < 4.78 is 40.7. The van der Waals surface area contributed by atoms with E-state index < -0.39 is 18.0 Å². The van der Waals surface area contributed by atoms with E-state index in [-0.39, 0.29) is 5.69 Å². The normalized spacial score (nSPS) is 11.2. The largest absolute Gasteiger partial charge is 0.573 e. The smallest absolute Gasteiger partial charge is 0.406 e. The van der Waals surface area contributed by atoms with Gasteiger partial charge in [-0.25, -0.2) is 4.98 Å². The number of ether oxygens (including phenoxy) is 1. The van der Waals surface area contributed by atoms with Gasteiger partial charge in [-0.05, 0) is 29.8 Å². The van der Waals surface area contributed by atoms with Gasteiger partial charge in [-0.15, -0.1) is 13.2 Å². The molecule has 1 heterocycles. The van der Waals surface area contributed by atoms with E-state index in [4.69, 9.17) is 0 Å². The number of rotatable bonds is 6. The molecule has 0 atom stereocenters. The summed E-state index contributed by atoms with van der Waals surface area (Å²) in [5.41, 5.74) is 1.47. The molecule has 6 nitrogen and oxygen atoms in total. The van der Waals surface area contributed by atoms with Crippen LogP contribution in [0, 0.1) is 0 Å². The molecular weight excluding hydrogens is 381 g/mol. The van der Waals surface area contributed by atoms with Gasteiger partial charge >= 0.3 is 6.36 Å². The molecule has 0 radical (unpaired) electrons. The number of aromatic nitrogens is 3. The highest BCUT2D eigenvalue weighted by Gasteiger charge is 2.31. The van der Waals surface area contributed by atoms with Crippen molar-refractivity contribution in [2.75, 3.05) is 5.32 Å². The van der Waals surface area contributed by atoms with Crippen LogP contribution >= 0.6 is 11.8 Å². The van der Waals surface area contributed by atoms with Crippen molar-refractivity contribution in [2.45, 2.75) is 17.3 Å². The van der Waals surface area contributed by atoms with Crippen molar-refractivity contribution in [3.63, 3.8) is 0 Å². The van der Waals surface area contributed by atoms with Crippen LogP contribution in [-0.4, -0.2) is 27.5 Å². The number of amides is 1. The summed E-state index contributed by atoms with van der Waals surface area (Å²) in [4.78, 5) is 16.4. The Kier molecular flexibility index (Phi) is 5.65. The maximum Gasteiger partial charge on any atom is 0.573 e. The predicted molar refractivity (Wildman–Crippen MR) is 93.5 cm³/mol. The Hall–Kier alpha value is -3.01. The van der Waals surface area contributed by atoms with Crippen LogP contribution in [-0.2, 0) is 5.75 Å². The minimum absolute atomic E-state index is 0.197. The topological polar surface area (TPSA) is 79.9 Å². The maximum atomic E-state index is 12.4. The number of carbonyl (C=O) groups excluding carboxylic acids is 1. The summed E-state index contributed by atoms with van der Waals surface area (Å²) in [6.07, 6.45) is -3.39. The van der Waals surface area contributed by atoms with Gasteiger partial charge in [0.25, 0.3) is 5.91 Å². The van der Waals surface area contributed by atoms with E-state index in [2.05, 4.69) is 25.2 Å². The van der Waals surface area contributed by atoms with Crippen molar-refractivity contribution in [1.82, 2.24) is 15.2 Å². The molecule has 0 spiro atoms. The lowest BCUT2D eigenvalue weighted by Crippen LogP contribution is -2.17. The number of benzene rings is 2. The van der Waals surface area contributed by atoms with Crippen LogP contribution in [0.15, 0.2) is 60.0 Å². The number of halogens is 3. The molecule has 3 aromatic rings. The Bertz CT molecular complexity index is 917. The fraction of sp³-hybridized carbons (Fsp3) is 0.118. The molecule has 1 amide bonds. The molecule has 140 valence electrons. The van der Waals surface area contributed by atoms with Crippen LogP contribution in [0.1, 0.15) is 15.9 Å². The third-order valence-corrected chi connectivity index (χ3v) is 4.23. The summed E-state index contributed by atoms with van der Waals surface area (Å²) in [5.74, 6) is -0.270. The fourth-order valence-electron chi connectivity index (χ4n) is 2.19. The number of carbonyl (C=O) groups is 1. The summed E-state index contributed by atoms with van der Waals surface area (Å²) in [6, 6.07) is 12.0. The zero-order chi connectivity index (χ0) is 19.3. The minimum Gasteiger partial charge on any atom is -0.406 e. The third-order valence-electron chi connectivity index (χ3n) is 3.28. The van der Waals surface area contributed by atoms with Crippen LogP contribution in [0.3, 0.4) is 0 Å². The zero-order valence-corrected chi connectivity index (χ0v) is 14.5. The average molecular weight is 394 g/mol. The predicted octanol–water partition coefficient (Wildman–Crippen LogP) is 4.25. The number of alkyl halides is 3. The molecule has 0 saturated carbocycles. The van der Waals surface area contributed by atoms with E-state index in [0.29, 0.717) is 16.5 Å². The monoisotopic (exact) mass is 394 g/mol. The van der Waals surface area contributed by atoms with Gasteiger partial charge in [-0.2, -0.15) is 5.10 Å². The zero-order valence-electron chi connectivity index (χ0n) is 13.7. The molecule has 0 aliphatic rings. The van der Waals surface area contributed by atoms with Crippen molar-refractivity contribution < 1.29 is 22.7 Å². The SMILES string of the molecule is O=C(Nc1cccc(OC(F)(F)F)c1)c1cccc(CSc2ncn[nH]2)c1. The second-order valence-electron chi connectivity index (χ2n) is 5.31. The highest BCUT2D eigenvalue weighted by atomic mass is 32.2. The van der Waals surface area contributed by atoms with Crippen molar-refractivity contribution in [3.8, 4) is 5.75 Å². The van der Waals surface area contributed by atoms with Crippen LogP contribution in [0.4, 0.5) is 18.9 Å². The van der Waals surface area contributed by atoms with E-state index in [1.165, 1.54) is 30.2 Å². The van der Waals surface area contributed by atoms with E-state index in [9.17, 15) is 18.0 Å². The molecule has 0 unspecified atom stereocenters. The van der Waals surface area contributed by atoms with E-state index in [0.717, 1.165) is 17.7 Å². The fourth-order valence-corrected chi connectivity index (χ4v) is 2.91. The maximum absolute atomic E-state index is 12.4. The van der Waals surface area contributed by atoms with E-state index in [1.807, 2.05) is 6.07 Å². The average Bonchev–Trinajstić information content (AvgIpc) is 3.12. The number of nitrogens with one attached hydrogen (secondary N) is 2. The number of thioether (sulfide) groups is 1. The van der Waals surface area contributed by atoms with Crippen LogP contribution in [0.2, 0.25) is 0 Å². The lowest BCUT2D eigenvalue weighted by molar-refractivity contribution is -0.274. The van der Waals surface area contributed by atoms with Crippen LogP contribution in [0.5, 0.6) is 5.75 Å². The summed E-state index contributed by atoms with van der Waals surface area (Å²) in [7, 11) is 0. The number of hydrogen-bond acceptors (Lipinski definition) is 5. The molecule has 1 aromatic heterocycles. The lowest BCUT2D eigenvalue weighted by atomic mass is 10.1. The summed E-state index contributed by atoms with van der Waals surface area (Å²) >= 11 is 1.43. The van der Waals surface area contributed by atoms with Gasteiger partial charge in [0, 0.05) is 23.1 Å². The van der Waals surface area contributed by atoms with E-state index in [1.54, 1.807) is 18.2 Å². The van der Waals surface area contributed by atoms with Gasteiger partial charge in [-0.1, -0.05) is 30.0 Å². The molecule has 27 heavy (non-hydrogen) atoms. The number of hydrogen-bond donors (Lipinski definition) is 2. The first-order chi connectivity index (χ1) is 12.9. The molecule has 0 fully saturated rings. The second kappa shape index (κ2) is 8.12. The highest BCUT2D eigenvalue weighted by Crippen LogP contribution is 2.25. The Morgan fingerprint density at radius 2 is 2.00 bits per heavy atom. The number of nitrogens with zero attached hydrogens (tertiary/aromatic N) is 2. The second-order valence-corrected chi connectivity index (χ2v) is 6.27. The molecule has 0 aliphatic heterocycles. The summed E-state index contributed by atoms with van der Waals surface area (Å²) in [5, 5.41) is 9.70. The molecule has 0 bridgehead atoms. The summed E-state index contributed by atoms with van der Waals surface area (Å²) in [6.45, 7) is 0. The first-order valence-electron chi connectivity index (χ1n) is 7.63. The molecule has 3 rings (SSSR count). The number of H-pyrrole nitrogens is 1. The van der Waals surface area contributed by atoms with E-state index >= 15 is 0 Å². The van der Waals surface area contributed by atoms with Crippen molar-refractivity contribution in [1.29, 1.82) is 0 Å². The number of anilines is 1. The standard InChI is InChI=1S/C17H13F3N4O2S/c18-17(19,20)26-14-6-2-5-13(8-14)23-15(25)12-4-1-3-11(7-12)9-27-16-21-10-22-24-16/h1-8,10H,9H2,(H,23,25)(H,21,22,24). The molecule has 2 aromatic carbocycles. The van der Waals surface area contributed by atoms with Crippen molar-refractivity contribution in [3.05, 3.63) is 66.0 Å². The Morgan fingerprint density at radius 3 is 2.74 bits per heavy atom. The number of aromatic amines is 1. The van der Waals surface area contributed by atoms with Gasteiger partial charge in [0.1, 0.15) is 12.1 Å². The van der Waals surface area contributed by atoms with Gasteiger partial charge in [-0.3, -0.25) is 9.89 Å². The molecule has 0 saturated heterocycles. The van der Waals surface area contributed by atoms with Crippen molar-refractivity contribution in [2.24, 2.45) is 0 Å². The first kappa shape index (κ1) is 18.8. The third kappa shape index (κ3) is 5.74. The molecule has 0 aliphatic carbocycles. The van der Waals surface area contributed by atoms with Gasteiger partial charge in [0.05, 0.1) is 0 Å². The Labute approximate surface area is 156 Å². The van der Waals surface area contributed by atoms with Crippen LogP contribution in [0.25, 0.3) is 0 Å². The quantitative estimate of drug-likeness (QED) is 0.611. The van der Waals surface area contributed by atoms with Crippen molar-refractivity contribution >= 4 is 23.4 Å². The minimum atomic E-state index is -4.79. The van der Waals surface area contributed by atoms with Gasteiger partial charge < -0.3 is 10.1 Å². The van der Waals surface area contributed by atoms with Crippen LogP contribution < -0.4 is 10.1 Å². The van der Waals surface area contributed by atoms with Gasteiger partial charge in [0.2, 0.25) is 0 Å². The lowest BCUT2D eigenvalue weighted by Gasteiger charge is -2.11. The molecular formula is C17H13F3N4O2S. The first-order valence-corrected chi connectivity index (χ1v) is 8.62.